The SMILES string of the molecule is O=P(O)(O)O.O=P(O)(O)O.[O-2].[SiH4].[SiH6+2]. The van der Waals surface area contributed by atoms with Gasteiger partial charge in [0.05, 0.1) is 0 Å². The summed E-state index contributed by atoms with van der Waals surface area (Å²) in [6.07, 6.45) is 0. The maximum absolute atomic E-state index is 8.88. The number of rotatable bonds is 0. The predicted molar refractivity (Wildman–Crippen MR) is 54.7 cm³/mol. The molecule has 0 aromatic rings. The summed E-state index contributed by atoms with van der Waals surface area (Å²) in [5.74, 6) is 0. The van der Waals surface area contributed by atoms with E-state index in [0.717, 1.165) is 0 Å². The van der Waals surface area contributed by atoms with Crippen LogP contribution in [0.3, 0.4) is 0 Å². The maximum Gasteiger partial charge on any atom is 0.466 e. The Kier molecular flexibility index (Phi) is 24.0. The second kappa shape index (κ2) is 10.7. The van der Waals surface area contributed by atoms with Gasteiger partial charge in [-0.15, -0.1) is 0 Å². The molecule has 0 unspecified atom stereocenters. The van der Waals surface area contributed by atoms with Crippen molar-refractivity contribution < 1.29 is 44.0 Å². The van der Waals surface area contributed by atoms with Gasteiger partial charge in [-0.2, -0.15) is 0 Å². The molecule has 9 nitrogen and oxygen atoms in total. The van der Waals surface area contributed by atoms with E-state index in [0.29, 0.717) is 0 Å². The molecule has 0 saturated carbocycles. The van der Waals surface area contributed by atoms with Crippen molar-refractivity contribution in [2.45, 2.75) is 0 Å². The monoisotopic (exact) mass is 278 g/mol. The summed E-state index contributed by atoms with van der Waals surface area (Å²) in [5, 5.41) is 0. The van der Waals surface area contributed by atoms with Crippen LogP contribution in [0, 0.1) is 0 Å². The molecule has 13 heavy (non-hydrogen) atoms. The van der Waals surface area contributed by atoms with Gasteiger partial charge in [-0.05, 0) is 11.0 Å². The van der Waals surface area contributed by atoms with E-state index in [9.17, 15) is 0 Å². The molecule has 0 aliphatic heterocycles. The molecule has 0 aromatic heterocycles. The Morgan fingerprint density at radius 3 is 0.692 bits per heavy atom. The zero-order valence-electron chi connectivity index (χ0n) is 4.80. The summed E-state index contributed by atoms with van der Waals surface area (Å²) in [6, 6.07) is 0. The Labute approximate surface area is 82.3 Å². The lowest BCUT2D eigenvalue weighted by Crippen LogP contribution is -1.66. The molecule has 0 radical (unpaired) electrons. The van der Waals surface area contributed by atoms with E-state index in [-0.39, 0.29) is 27.4 Å². The van der Waals surface area contributed by atoms with Gasteiger partial charge in [0.1, 0.15) is 0 Å². The van der Waals surface area contributed by atoms with Crippen LogP contribution in [0.2, 0.25) is 0 Å². The maximum atomic E-state index is 8.88. The first kappa shape index (κ1) is 29.2. The molecule has 88 valence electrons. The Bertz CT molecular complexity index is 128. The Balaban J connectivity index is -0.0000000267. The summed E-state index contributed by atoms with van der Waals surface area (Å²) < 4.78 is 17.8. The molecular weight excluding hydrogens is 262 g/mol. The lowest BCUT2D eigenvalue weighted by atomic mass is 15.8. The summed E-state index contributed by atoms with van der Waals surface area (Å²) in [5.41, 5.74) is 0. The first-order valence-corrected chi connectivity index (χ1v) is 4.70. The molecule has 13 heteroatoms. The van der Waals surface area contributed by atoms with Crippen LogP contribution in [0.25, 0.3) is 0 Å². The minimum atomic E-state index is -4.64. The van der Waals surface area contributed by atoms with Crippen molar-refractivity contribution in [1.82, 2.24) is 0 Å². The average molecular weight is 278 g/mol. The largest absolute Gasteiger partial charge is 2.00 e. The van der Waals surface area contributed by atoms with Gasteiger partial charge >= 0.3 is 15.6 Å². The van der Waals surface area contributed by atoms with Crippen molar-refractivity contribution in [1.29, 1.82) is 0 Å². The highest BCUT2D eigenvalue weighted by atomic mass is 31.2. The summed E-state index contributed by atoms with van der Waals surface area (Å²) in [7, 11) is -9.28. The minimum Gasteiger partial charge on any atom is -2.00 e. The normalized spacial score (nSPS) is 9.08. The molecule has 0 aliphatic carbocycles. The van der Waals surface area contributed by atoms with Crippen molar-refractivity contribution in [2.24, 2.45) is 0 Å². The third kappa shape index (κ3) is 3770. The van der Waals surface area contributed by atoms with Crippen LogP contribution >= 0.6 is 15.6 Å². The summed E-state index contributed by atoms with van der Waals surface area (Å²) in [4.78, 5) is 43.1. The Morgan fingerprint density at radius 1 is 0.692 bits per heavy atom. The molecule has 0 aromatic carbocycles. The Hall–Kier alpha value is 0.614. The van der Waals surface area contributed by atoms with Crippen molar-refractivity contribution in [3.63, 3.8) is 0 Å². The fraction of sp³-hybridized carbons (Fsp3) is 0. The number of hydrogen-bond acceptors (Lipinski definition) is 2. The van der Waals surface area contributed by atoms with Crippen LogP contribution in [0.4, 0.5) is 0 Å². The van der Waals surface area contributed by atoms with Crippen LogP contribution in [-0.4, -0.2) is 51.3 Å². The fourth-order valence-electron chi connectivity index (χ4n) is 0. The van der Waals surface area contributed by atoms with Crippen LogP contribution in [0.15, 0.2) is 0 Å². The summed E-state index contributed by atoms with van der Waals surface area (Å²) >= 11 is 0. The van der Waals surface area contributed by atoms with Gasteiger partial charge in [0.2, 0.25) is 0 Å². The molecule has 0 fully saturated rings. The van der Waals surface area contributed by atoms with E-state index < -0.39 is 15.6 Å². The molecule has 0 bridgehead atoms. The van der Waals surface area contributed by atoms with Crippen molar-refractivity contribution >= 4 is 37.6 Å². The van der Waals surface area contributed by atoms with E-state index in [1.165, 1.54) is 0 Å². The van der Waals surface area contributed by atoms with Crippen molar-refractivity contribution in [2.75, 3.05) is 0 Å². The topological polar surface area (TPSA) is 184 Å². The van der Waals surface area contributed by atoms with E-state index >= 15 is 0 Å². The smallest absolute Gasteiger partial charge is 0.466 e. The van der Waals surface area contributed by atoms with Crippen molar-refractivity contribution in [3.8, 4) is 0 Å². The van der Waals surface area contributed by atoms with Gasteiger partial charge in [0, 0.05) is 0 Å². The van der Waals surface area contributed by atoms with Crippen LogP contribution in [0.5, 0.6) is 0 Å². The molecule has 0 spiro atoms. The molecule has 0 rings (SSSR count). The molecule has 0 amide bonds. The second-order valence-corrected chi connectivity index (χ2v) is 3.08. The van der Waals surface area contributed by atoms with Gasteiger partial charge in [0.25, 0.3) is 0 Å². The highest BCUT2D eigenvalue weighted by Gasteiger charge is 2.00. The zero-order valence-corrected chi connectivity index (χ0v) is 6.59. The van der Waals surface area contributed by atoms with Gasteiger partial charge in [-0.25, -0.2) is 9.13 Å². The first-order valence-electron chi connectivity index (χ1n) is 1.57. The third-order valence-electron chi connectivity index (χ3n) is 0. The molecule has 0 saturated heterocycles. The average Bonchev–Trinajstić information content (AvgIpc) is 1.12. The predicted octanol–water partition coefficient (Wildman–Crippen LogP) is -5.41. The van der Waals surface area contributed by atoms with Gasteiger partial charge in [-0.3, -0.25) is 0 Å². The minimum absolute atomic E-state index is 0. The van der Waals surface area contributed by atoms with E-state index in [1.54, 1.807) is 0 Å². The molecule has 0 heterocycles. The van der Waals surface area contributed by atoms with Crippen LogP contribution in [0.1, 0.15) is 0 Å². The molecular formula is H16O9P2Si2. The van der Waals surface area contributed by atoms with Crippen molar-refractivity contribution in [3.05, 3.63) is 0 Å². The van der Waals surface area contributed by atoms with Gasteiger partial charge in [-0.1, -0.05) is 0 Å². The second-order valence-electron chi connectivity index (χ2n) is 1.03. The van der Waals surface area contributed by atoms with Gasteiger partial charge < -0.3 is 34.8 Å². The lowest BCUT2D eigenvalue weighted by molar-refractivity contribution is 0.272. The van der Waals surface area contributed by atoms with E-state index in [1.807, 2.05) is 0 Å². The molecule has 6 N–H and O–H groups in total. The van der Waals surface area contributed by atoms with Crippen LogP contribution < -0.4 is 0 Å². The number of phosphoric acid groups is 2. The quantitative estimate of drug-likeness (QED) is 0.187. The van der Waals surface area contributed by atoms with E-state index in [2.05, 4.69) is 0 Å². The van der Waals surface area contributed by atoms with Gasteiger partial charge in [0.15, 0.2) is 11.0 Å². The summed E-state index contributed by atoms with van der Waals surface area (Å²) in [6.45, 7) is 0. The third-order valence-corrected chi connectivity index (χ3v) is 0. The van der Waals surface area contributed by atoms with E-state index in [4.69, 9.17) is 38.5 Å². The standard InChI is InChI=1S/2H3O4P.O.H6Si.H4Si/c2*1-5(2,3)4;;;/h2*(H3,1,2,3,4);;1H6;1H4/q;;-2;+2;. The highest BCUT2D eigenvalue weighted by Crippen LogP contribution is 2.26. The fourth-order valence-corrected chi connectivity index (χ4v) is 0. The number of hydrogen-bond donors (Lipinski definition) is 6. The lowest BCUT2D eigenvalue weighted by Gasteiger charge is -2.00. The van der Waals surface area contributed by atoms with Crippen LogP contribution in [-0.2, 0) is 14.6 Å². The molecule has 0 atom stereocenters. The first-order chi connectivity index (χ1) is 4.00. The molecule has 0 aliphatic rings. The Morgan fingerprint density at radius 2 is 0.692 bits per heavy atom. The highest BCUT2D eigenvalue weighted by molar-refractivity contribution is 7.45. The zero-order chi connectivity index (χ0) is 9.00.